The van der Waals surface area contributed by atoms with E-state index >= 15 is 0 Å². The van der Waals surface area contributed by atoms with Gasteiger partial charge in [0.15, 0.2) is 5.82 Å². The number of rotatable bonds is 4. The van der Waals surface area contributed by atoms with Crippen LogP contribution in [-0.4, -0.2) is 21.0 Å². The Kier molecular flexibility index (Phi) is 4.43. The lowest BCUT2D eigenvalue weighted by atomic mass is 10.3. The molecule has 2 heterocycles. The first-order valence-corrected chi connectivity index (χ1v) is 8.07. The van der Waals surface area contributed by atoms with E-state index in [0.717, 1.165) is 10.7 Å². The van der Waals surface area contributed by atoms with Crippen molar-refractivity contribution in [3.63, 3.8) is 0 Å². The van der Waals surface area contributed by atoms with Crippen LogP contribution in [0.25, 0.3) is 11.0 Å². The first-order valence-electron chi connectivity index (χ1n) is 7.19. The van der Waals surface area contributed by atoms with Crippen LogP contribution in [0.4, 0.5) is 19.3 Å². The third-order valence-electron chi connectivity index (χ3n) is 3.32. The number of nitrogens with zero attached hydrogens (tertiary/aromatic N) is 2. The maximum absolute atomic E-state index is 12.6. The maximum Gasteiger partial charge on any atom is 0.319 e. The van der Waals surface area contributed by atoms with Crippen LogP contribution >= 0.6 is 11.3 Å². The van der Waals surface area contributed by atoms with E-state index in [1.165, 1.54) is 11.3 Å². The van der Waals surface area contributed by atoms with Crippen LogP contribution in [0.15, 0.2) is 23.6 Å². The van der Waals surface area contributed by atoms with Crippen molar-refractivity contribution in [2.24, 2.45) is 0 Å². The molecule has 0 fully saturated rings. The fourth-order valence-corrected chi connectivity index (χ4v) is 3.01. The summed E-state index contributed by atoms with van der Waals surface area (Å²) in [5, 5.41) is 8.18. The summed E-state index contributed by atoms with van der Waals surface area (Å²) in [6.07, 6.45) is -2.67. The zero-order valence-electron chi connectivity index (χ0n) is 12.9. The van der Waals surface area contributed by atoms with Crippen molar-refractivity contribution < 1.29 is 13.6 Å². The fraction of sp³-hybridized carbons (Fsp3) is 0.267. The summed E-state index contributed by atoms with van der Waals surface area (Å²) in [6, 6.07) is 4.11. The smallest absolute Gasteiger partial charge is 0.319 e. The van der Waals surface area contributed by atoms with E-state index in [2.05, 4.69) is 25.6 Å². The van der Waals surface area contributed by atoms with E-state index in [0.29, 0.717) is 16.7 Å². The van der Waals surface area contributed by atoms with Crippen LogP contribution in [0.1, 0.15) is 35.9 Å². The van der Waals surface area contributed by atoms with Gasteiger partial charge in [-0.2, -0.15) is 0 Å². The first kappa shape index (κ1) is 16.3. The molecule has 0 spiro atoms. The van der Waals surface area contributed by atoms with Crippen molar-refractivity contribution in [3.8, 4) is 0 Å². The number of aryl methyl sites for hydroxylation is 1. The molecule has 24 heavy (non-hydrogen) atoms. The zero-order valence-corrected chi connectivity index (χ0v) is 13.7. The summed E-state index contributed by atoms with van der Waals surface area (Å²) in [6.45, 7) is 3.73. The summed E-state index contributed by atoms with van der Waals surface area (Å²) >= 11 is 1.48. The van der Waals surface area contributed by atoms with Gasteiger partial charge in [0.2, 0.25) is 0 Å². The van der Waals surface area contributed by atoms with Crippen LogP contribution in [0.5, 0.6) is 0 Å². The lowest BCUT2D eigenvalue weighted by Crippen LogP contribution is -2.31. The third kappa shape index (κ3) is 3.51. The number of carbonyl (C=O) groups is 1. The highest BCUT2D eigenvalue weighted by molar-refractivity contribution is 7.09. The summed E-state index contributed by atoms with van der Waals surface area (Å²) in [5.41, 5.74) is 2.24. The Labute approximate surface area is 140 Å². The highest BCUT2D eigenvalue weighted by Gasteiger charge is 2.15. The molecule has 2 aromatic heterocycles. The van der Waals surface area contributed by atoms with Crippen LogP contribution in [-0.2, 0) is 0 Å². The number of amides is 2. The summed E-state index contributed by atoms with van der Waals surface area (Å²) < 4.78 is 25.3. The van der Waals surface area contributed by atoms with Crippen molar-refractivity contribution in [1.29, 1.82) is 0 Å². The van der Waals surface area contributed by atoms with E-state index in [-0.39, 0.29) is 11.9 Å². The number of thiazole rings is 1. The minimum atomic E-state index is -2.67. The SMILES string of the molecule is Cc1csc(C(C)NC(=O)Nc2ccc3nc(C(F)F)[nH]c3c2)n1. The van der Waals surface area contributed by atoms with E-state index in [9.17, 15) is 13.6 Å². The van der Waals surface area contributed by atoms with Crippen LogP contribution in [0, 0.1) is 6.92 Å². The number of benzene rings is 1. The second kappa shape index (κ2) is 6.52. The molecule has 0 saturated heterocycles. The van der Waals surface area contributed by atoms with Gasteiger partial charge in [0.25, 0.3) is 6.43 Å². The first-order chi connectivity index (χ1) is 11.4. The molecule has 0 radical (unpaired) electrons. The number of imidazole rings is 1. The number of aromatic amines is 1. The van der Waals surface area contributed by atoms with Crippen molar-refractivity contribution in [2.75, 3.05) is 5.32 Å². The summed E-state index contributed by atoms with van der Waals surface area (Å²) in [7, 11) is 0. The average molecular weight is 351 g/mol. The lowest BCUT2D eigenvalue weighted by Gasteiger charge is -2.12. The molecule has 3 aromatic rings. The van der Waals surface area contributed by atoms with Gasteiger partial charge in [-0.1, -0.05) is 0 Å². The number of hydrogen-bond donors (Lipinski definition) is 3. The number of nitrogens with one attached hydrogen (secondary N) is 3. The van der Waals surface area contributed by atoms with Gasteiger partial charge < -0.3 is 15.6 Å². The number of alkyl halides is 2. The quantitative estimate of drug-likeness (QED) is 0.660. The number of halogens is 2. The van der Waals surface area contributed by atoms with E-state index in [1.54, 1.807) is 18.2 Å². The minimum Gasteiger partial charge on any atom is -0.337 e. The molecule has 6 nitrogen and oxygen atoms in total. The average Bonchev–Trinajstić information content (AvgIpc) is 3.12. The topological polar surface area (TPSA) is 82.7 Å². The molecule has 126 valence electrons. The summed E-state index contributed by atoms with van der Waals surface area (Å²) in [4.78, 5) is 22.7. The second-order valence-electron chi connectivity index (χ2n) is 5.30. The van der Waals surface area contributed by atoms with Crippen LogP contribution in [0.3, 0.4) is 0 Å². The molecule has 0 aliphatic rings. The van der Waals surface area contributed by atoms with Gasteiger partial charge in [0.05, 0.1) is 17.1 Å². The lowest BCUT2D eigenvalue weighted by molar-refractivity contribution is 0.142. The molecule has 0 saturated carbocycles. The molecule has 0 aliphatic carbocycles. The Morgan fingerprint density at radius 1 is 1.33 bits per heavy atom. The van der Waals surface area contributed by atoms with Gasteiger partial charge >= 0.3 is 6.03 Å². The minimum absolute atomic E-state index is 0.231. The molecule has 1 aromatic carbocycles. The Bertz CT molecular complexity index is 876. The highest BCUT2D eigenvalue weighted by atomic mass is 32.1. The maximum atomic E-state index is 12.6. The van der Waals surface area contributed by atoms with Gasteiger partial charge in [0, 0.05) is 16.8 Å². The van der Waals surface area contributed by atoms with Gasteiger partial charge in [0.1, 0.15) is 5.01 Å². The molecular weight excluding hydrogens is 336 g/mol. The largest absolute Gasteiger partial charge is 0.337 e. The Morgan fingerprint density at radius 2 is 2.12 bits per heavy atom. The third-order valence-corrected chi connectivity index (χ3v) is 4.46. The van der Waals surface area contributed by atoms with E-state index in [1.807, 2.05) is 19.2 Å². The van der Waals surface area contributed by atoms with Gasteiger partial charge in [-0.3, -0.25) is 0 Å². The number of carbonyl (C=O) groups excluding carboxylic acids is 1. The molecule has 0 bridgehead atoms. The fourth-order valence-electron chi connectivity index (χ4n) is 2.21. The summed E-state index contributed by atoms with van der Waals surface area (Å²) in [5.74, 6) is -0.389. The van der Waals surface area contributed by atoms with Crippen LogP contribution in [0.2, 0.25) is 0 Å². The predicted molar refractivity (Wildman–Crippen MR) is 88.5 cm³/mol. The number of H-pyrrole nitrogens is 1. The Balaban J connectivity index is 1.68. The number of urea groups is 1. The van der Waals surface area contributed by atoms with E-state index < -0.39 is 12.5 Å². The molecule has 3 N–H and O–H groups in total. The molecule has 2 amide bonds. The number of hydrogen-bond acceptors (Lipinski definition) is 4. The van der Waals surface area contributed by atoms with Gasteiger partial charge in [-0.25, -0.2) is 23.5 Å². The number of anilines is 1. The molecular formula is C15H15F2N5OS. The predicted octanol–water partition coefficient (Wildman–Crippen LogP) is 4.15. The molecule has 3 rings (SSSR count). The molecule has 9 heteroatoms. The zero-order chi connectivity index (χ0) is 17.3. The van der Waals surface area contributed by atoms with Crippen molar-refractivity contribution in [2.45, 2.75) is 26.3 Å². The van der Waals surface area contributed by atoms with Crippen molar-refractivity contribution >= 4 is 34.1 Å². The molecule has 1 atom stereocenters. The Hall–Kier alpha value is -2.55. The van der Waals surface area contributed by atoms with Crippen LogP contribution < -0.4 is 10.6 Å². The van der Waals surface area contributed by atoms with Crippen molar-refractivity contribution in [1.82, 2.24) is 20.3 Å². The Morgan fingerprint density at radius 3 is 2.79 bits per heavy atom. The monoisotopic (exact) mass is 351 g/mol. The standard InChI is InChI=1S/C15H15F2N5OS/c1-7-6-24-14(18-7)8(2)19-15(23)20-9-3-4-10-11(5-9)22-13(21-10)12(16)17/h3-6,8,12H,1-2H3,(H,21,22)(H2,19,20,23). The second-order valence-corrected chi connectivity index (χ2v) is 6.19. The van der Waals surface area contributed by atoms with E-state index in [4.69, 9.17) is 0 Å². The number of fused-ring (bicyclic) bond motifs is 1. The highest BCUT2D eigenvalue weighted by Crippen LogP contribution is 2.22. The number of aromatic nitrogens is 3. The van der Waals surface area contributed by atoms with Gasteiger partial charge in [-0.05, 0) is 32.0 Å². The molecule has 0 aliphatic heterocycles. The van der Waals surface area contributed by atoms with Crippen molar-refractivity contribution in [3.05, 3.63) is 40.1 Å². The normalized spacial score (nSPS) is 12.5. The van der Waals surface area contributed by atoms with Gasteiger partial charge in [-0.15, -0.1) is 11.3 Å². The molecule has 1 unspecified atom stereocenters.